The molecule has 0 spiro atoms. The molecular formula is C13H14BrNO4S2. The van der Waals surface area contributed by atoms with E-state index in [0.29, 0.717) is 15.2 Å². The van der Waals surface area contributed by atoms with Gasteiger partial charge in [-0.25, -0.2) is 9.69 Å². The second kappa shape index (κ2) is 7.11. The van der Waals surface area contributed by atoms with E-state index in [1.54, 1.807) is 32.9 Å². The number of carboxylic acid groups (broad SMARTS) is 1. The van der Waals surface area contributed by atoms with Crippen molar-refractivity contribution >= 4 is 53.6 Å². The zero-order valence-corrected chi connectivity index (χ0v) is 14.9. The van der Waals surface area contributed by atoms with Gasteiger partial charge < -0.3 is 5.11 Å². The Morgan fingerprint density at radius 3 is 2.48 bits per heavy atom. The van der Waals surface area contributed by atoms with Gasteiger partial charge in [0.25, 0.3) is 0 Å². The average molecular weight is 392 g/mol. The summed E-state index contributed by atoms with van der Waals surface area (Å²) in [5.74, 6) is 5.67. The first-order valence-electron chi connectivity index (χ1n) is 5.83. The van der Waals surface area contributed by atoms with E-state index in [1.807, 2.05) is 0 Å². The van der Waals surface area contributed by atoms with Crippen LogP contribution in [-0.4, -0.2) is 29.9 Å². The highest BCUT2D eigenvalue weighted by Gasteiger charge is 2.32. The maximum atomic E-state index is 11.5. The maximum Gasteiger partial charge on any atom is 0.417 e. The van der Waals surface area contributed by atoms with E-state index in [-0.39, 0.29) is 4.99 Å². The first-order chi connectivity index (χ1) is 9.68. The number of hydrogen-bond acceptors (Lipinski definition) is 4. The average Bonchev–Trinajstić information content (AvgIpc) is 2.78. The van der Waals surface area contributed by atoms with Crippen LogP contribution in [0.5, 0.6) is 0 Å². The number of nitrogens with zero attached hydrogens (tertiary/aromatic N) is 1. The topological polar surface area (TPSA) is 74.7 Å². The highest BCUT2D eigenvalue weighted by atomic mass is 79.9. The number of halogens is 1. The van der Waals surface area contributed by atoms with Crippen molar-refractivity contribution in [2.24, 2.45) is 5.41 Å². The predicted octanol–water partition coefficient (Wildman–Crippen LogP) is 3.03. The highest BCUT2D eigenvalue weighted by Crippen LogP contribution is 2.30. The van der Waals surface area contributed by atoms with Crippen molar-refractivity contribution in [2.45, 2.75) is 20.8 Å². The molecule has 114 valence electrons. The van der Waals surface area contributed by atoms with Crippen LogP contribution in [0.15, 0.2) is 12.1 Å². The molecule has 1 aromatic heterocycles. The molecule has 0 atom stereocenters. The first kappa shape index (κ1) is 17.8. The van der Waals surface area contributed by atoms with Gasteiger partial charge in [-0.3, -0.25) is 0 Å². The van der Waals surface area contributed by atoms with E-state index in [9.17, 15) is 18.3 Å². The lowest BCUT2D eigenvalue weighted by Crippen LogP contribution is -2.43. The maximum absolute atomic E-state index is 11.5. The van der Waals surface area contributed by atoms with Crippen LogP contribution in [-0.2, 0) is 10.3 Å². The Labute approximate surface area is 137 Å². The number of anilines is 1. The van der Waals surface area contributed by atoms with E-state index in [4.69, 9.17) is 0 Å². The van der Waals surface area contributed by atoms with Crippen LogP contribution in [0.1, 0.15) is 25.6 Å². The first-order valence-corrected chi connectivity index (χ1v) is 8.84. The molecule has 1 aromatic rings. The van der Waals surface area contributed by atoms with Gasteiger partial charge in [0.1, 0.15) is 5.00 Å². The third kappa shape index (κ3) is 4.59. The van der Waals surface area contributed by atoms with Gasteiger partial charge in [-0.05, 0) is 12.1 Å². The molecule has 5 nitrogen and oxygen atoms in total. The molecule has 1 heterocycles. The van der Waals surface area contributed by atoms with Crippen LogP contribution < -0.4 is 4.90 Å². The Morgan fingerprint density at radius 2 is 2.05 bits per heavy atom. The third-order valence-electron chi connectivity index (χ3n) is 2.28. The standard InChI is InChI=1S/C13H14BrNO4S2/c1-13(2,3)11(21(18)19)15(12(16)17)10-7-6-9(20-10)5-4-8-14/h6-7H,8H2,1-3H3,(H,16,17). The Morgan fingerprint density at radius 1 is 1.43 bits per heavy atom. The summed E-state index contributed by atoms with van der Waals surface area (Å²) < 4.78 is 22.9. The zero-order valence-electron chi connectivity index (χ0n) is 11.7. The van der Waals surface area contributed by atoms with Crippen molar-refractivity contribution in [2.75, 3.05) is 10.2 Å². The van der Waals surface area contributed by atoms with Gasteiger partial charge in [0.15, 0.2) is 4.99 Å². The number of amides is 1. The quantitative estimate of drug-likeness (QED) is 0.453. The van der Waals surface area contributed by atoms with Crippen molar-refractivity contribution in [1.29, 1.82) is 0 Å². The molecule has 21 heavy (non-hydrogen) atoms. The van der Waals surface area contributed by atoms with Gasteiger partial charge >= 0.3 is 6.09 Å². The fourth-order valence-corrected chi connectivity index (χ4v) is 3.48. The highest BCUT2D eigenvalue weighted by molar-refractivity contribution is 9.09. The lowest BCUT2D eigenvalue weighted by Gasteiger charge is -2.26. The number of carbonyl (C=O) groups is 1. The molecule has 1 N–H and O–H groups in total. The largest absolute Gasteiger partial charge is 0.464 e. The Balaban J connectivity index is 3.41. The Hall–Kier alpha value is -1.30. The Bertz CT molecular complexity index is 724. The summed E-state index contributed by atoms with van der Waals surface area (Å²) in [5.41, 5.74) is -0.837. The molecule has 0 aliphatic carbocycles. The minimum atomic E-state index is -2.65. The lowest BCUT2D eigenvalue weighted by atomic mass is 9.96. The second-order valence-electron chi connectivity index (χ2n) is 4.98. The Kier molecular flexibility index (Phi) is 6.01. The van der Waals surface area contributed by atoms with Gasteiger partial charge in [-0.2, -0.15) is 8.42 Å². The van der Waals surface area contributed by atoms with E-state index >= 15 is 0 Å². The van der Waals surface area contributed by atoms with Crippen molar-refractivity contribution in [3.8, 4) is 11.8 Å². The third-order valence-corrected chi connectivity index (χ3v) is 4.66. The summed E-state index contributed by atoms with van der Waals surface area (Å²) in [7, 11) is -2.65. The van der Waals surface area contributed by atoms with E-state index in [0.717, 1.165) is 16.2 Å². The summed E-state index contributed by atoms with van der Waals surface area (Å²) in [6.07, 6.45) is -1.34. The molecule has 0 aromatic carbocycles. The summed E-state index contributed by atoms with van der Waals surface area (Å²) in [6, 6.07) is 3.22. The smallest absolute Gasteiger partial charge is 0.417 e. The normalized spacial score (nSPS) is 10.5. The van der Waals surface area contributed by atoms with Crippen LogP contribution in [0, 0.1) is 17.3 Å². The molecule has 8 heteroatoms. The lowest BCUT2D eigenvalue weighted by molar-refractivity contribution is 0.205. The molecule has 1 amide bonds. The molecule has 0 saturated heterocycles. The zero-order chi connectivity index (χ0) is 16.2. The SMILES string of the molecule is CC(C)(C)C(N(C(=O)O)c1ccc(C#CCBr)s1)=S(=O)=O. The van der Waals surface area contributed by atoms with E-state index < -0.39 is 21.8 Å². The van der Waals surface area contributed by atoms with Gasteiger partial charge in [-0.1, -0.05) is 48.5 Å². The molecule has 0 radical (unpaired) electrons. The molecule has 1 rings (SSSR count). The number of hydrogen-bond donors (Lipinski definition) is 1. The van der Waals surface area contributed by atoms with Crippen molar-refractivity contribution < 1.29 is 18.3 Å². The summed E-state index contributed by atoms with van der Waals surface area (Å²) >= 11 is 4.30. The number of thiophene rings is 1. The predicted molar refractivity (Wildman–Crippen MR) is 88.9 cm³/mol. The van der Waals surface area contributed by atoms with Crippen LogP contribution in [0.4, 0.5) is 9.80 Å². The molecule has 0 fully saturated rings. The minimum absolute atomic E-state index is 0.197. The second-order valence-corrected chi connectivity index (χ2v) is 7.46. The molecule has 0 aliphatic rings. The molecular weight excluding hydrogens is 378 g/mol. The monoisotopic (exact) mass is 391 g/mol. The summed E-state index contributed by atoms with van der Waals surface area (Å²) in [5, 5.41) is 10.2. The number of rotatable bonds is 1. The molecule has 0 unspecified atom stereocenters. The van der Waals surface area contributed by atoms with Crippen molar-refractivity contribution in [1.82, 2.24) is 0 Å². The van der Waals surface area contributed by atoms with Crippen molar-refractivity contribution in [3.63, 3.8) is 0 Å². The van der Waals surface area contributed by atoms with Gasteiger partial charge in [0, 0.05) is 5.41 Å². The van der Waals surface area contributed by atoms with Gasteiger partial charge in [-0.15, -0.1) is 11.3 Å². The van der Waals surface area contributed by atoms with Crippen LogP contribution in [0.25, 0.3) is 0 Å². The van der Waals surface area contributed by atoms with Crippen LogP contribution in [0.2, 0.25) is 0 Å². The molecule has 0 saturated carbocycles. The van der Waals surface area contributed by atoms with Crippen LogP contribution in [0.3, 0.4) is 0 Å². The fraction of sp³-hybridized carbons (Fsp3) is 0.385. The summed E-state index contributed by atoms with van der Waals surface area (Å²) in [4.78, 5) is 12.8. The van der Waals surface area contributed by atoms with E-state index in [1.165, 1.54) is 0 Å². The summed E-state index contributed by atoms with van der Waals surface area (Å²) in [6.45, 7) is 4.94. The minimum Gasteiger partial charge on any atom is -0.464 e. The van der Waals surface area contributed by atoms with Gasteiger partial charge in [0.2, 0.25) is 10.3 Å². The molecule has 0 aliphatic heterocycles. The number of alkyl halides is 1. The van der Waals surface area contributed by atoms with E-state index in [2.05, 4.69) is 27.8 Å². The fourth-order valence-electron chi connectivity index (χ4n) is 1.58. The van der Waals surface area contributed by atoms with Gasteiger partial charge in [0.05, 0.1) is 10.2 Å². The van der Waals surface area contributed by atoms with Crippen LogP contribution >= 0.6 is 27.3 Å². The van der Waals surface area contributed by atoms with Crippen molar-refractivity contribution in [3.05, 3.63) is 17.0 Å². The molecule has 0 bridgehead atoms.